The SMILES string of the molecule is O=C1CCN(Cc2cc(C(F)(F)F)cc(C(F)(F)F)c2)C(=O)[C@H](Cc2c[nH]c3ccccc23)N1. The number of nitrogens with one attached hydrogen (secondary N) is 2. The van der Waals surface area contributed by atoms with Crippen LogP contribution in [0.15, 0.2) is 48.7 Å². The molecule has 0 unspecified atom stereocenters. The molecule has 34 heavy (non-hydrogen) atoms. The largest absolute Gasteiger partial charge is 0.416 e. The lowest BCUT2D eigenvalue weighted by Crippen LogP contribution is -2.45. The number of hydrogen-bond donors (Lipinski definition) is 2. The van der Waals surface area contributed by atoms with Crippen molar-refractivity contribution in [3.05, 3.63) is 70.9 Å². The molecular formula is C23H19F6N3O2. The van der Waals surface area contributed by atoms with E-state index in [0.717, 1.165) is 21.4 Å². The van der Waals surface area contributed by atoms with E-state index in [0.29, 0.717) is 12.1 Å². The molecule has 5 nitrogen and oxygen atoms in total. The first-order valence-electron chi connectivity index (χ1n) is 10.3. The predicted molar refractivity (Wildman–Crippen MR) is 110 cm³/mol. The number of benzene rings is 2. The molecule has 1 aliphatic heterocycles. The summed E-state index contributed by atoms with van der Waals surface area (Å²) in [5, 5.41) is 3.46. The molecule has 2 amide bonds. The topological polar surface area (TPSA) is 65.2 Å². The van der Waals surface area contributed by atoms with Gasteiger partial charge in [0.15, 0.2) is 0 Å². The molecule has 2 aromatic carbocycles. The van der Waals surface area contributed by atoms with Crippen LogP contribution in [0.1, 0.15) is 28.7 Å². The molecule has 2 heterocycles. The summed E-state index contributed by atoms with van der Waals surface area (Å²) >= 11 is 0. The molecular weight excluding hydrogens is 464 g/mol. The van der Waals surface area contributed by atoms with Crippen LogP contribution in [0.5, 0.6) is 0 Å². The van der Waals surface area contributed by atoms with Crippen LogP contribution in [-0.4, -0.2) is 34.3 Å². The van der Waals surface area contributed by atoms with Gasteiger partial charge in [-0.25, -0.2) is 0 Å². The number of rotatable bonds is 4. The van der Waals surface area contributed by atoms with E-state index in [9.17, 15) is 35.9 Å². The summed E-state index contributed by atoms with van der Waals surface area (Å²) in [6.45, 7) is -0.627. The lowest BCUT2D eigenvalue weighted by molar-refractivity contribution is -0.143. The van der Waals surface area contributed by atoms with Crippen LogP contribution in [0.2, 0.25) is 0 Å². The van der Waals surface area contributed by atoms with Crippen molar-refractivity contribution in [3.8, 4) is 0 Å². The standard InChI is InChI=1S/C23H19F6N3O2/c24-22(25,26)15-7-13(8-16(10-15)23(27,28)29)12-32-6-5-20(33)31-19(21(32)34)9-14-11-30-18-4-2-1-3-17(14)18/h1-4,7-8,10-11,19,30H,5-6,9,12H2,(H,31,33)/t19-/m0/s1. The smallest absolute Gasteiger partial charge is 0.361 e. The fourth-order valence-corrected chi connectivity index (χ4v) is 4.04. The van der Waals surface area contributed by atoms with E-state index >= 15 is 0 Å². The highest BCUT2D eigenvalue weighted by Gasteiger charge is 2.37. The fraction of sp³-hybridized carbons (Fsp3) is 0.304. The van der Waals surface area contributed by atoms with Gasteiger partial charge in [0, 0.05) is 43.0 Å². The molecule has 11 heteroatoms. The minimum Gasteiger partial charge on any atom is -0.361 e. The Kier molecular flexibility index (Phi) is 6.05. The fourth-order valence-electron chi connectivity index (χ4n) is 4.04. The first-order valence-corrected chi connectivity index (χ1v) is 10.3. The van der Waals surface area contributed by atoms with Crippen LogP contribution in [0.25, 0.3) is 10.9 Å². The molecule has 2 N–H and O–H groups in total. The van der Waals surface area contributed by atoms with E-state index in [2.05, 4.69) is 10.3 Å². The third kappa shape index (κ3) is 5.02. The number of carbonyl (C=O) groups excluding carboxylic acids is 2. The zero-order valence-corrected chi connectivity index (χ0v) is 17.6. The first-order chi connectivity index (χ1) is 15.9. The van der Waals surface area contributed by atoms with Gasteiger partial charge >= 0.3 is 12.4 Å². The van der Waals surface area contributed by atoms with Crippen molar-refractivity contribution in [1.29, 1.82) is 0 Å². The number of carbonyl (C=O) groups is 2. The van der Waals surface area contributed by atoms with Gasteiger partial charge in [-0.2, -0.15) is 26.3 Å². The number of para-hydroxylation sites is 1. The van der Waals surface area contributed by atoms with E-state index in [1.165, 1.54) is 0 Å². The Labute approximate surface area is 189 Å². The number of fused-ring (bicyclic) bond motifs is 1. The van der Waals surface area contributed by atoms with Crippen LogP contribution in [0, 0.1) is 0 Å². The molecule has 1 saturated heterocycles. The number of halogens is 6. The van der Waals surface area contributed by atoms with Gasteiger partial charge in [0.25, 0.3) is 0 Å². The summed E-state index contributed by atoms with van der Waals surface area (Å²) < 4.78 is 79.2. The molecule has 180 valence electrons. The van der Waals surface area contributed by atoms with Crippen molar-refractivity contribution in [2.45, 2.75) is 37.8 Å². The minimum absolute atomic E-state index is 0.0403. The third-order valence-corrected chi connectivity index (χ3v) is 5.67. The maximum Gasteiger partial charge on any atom is 0.416 e. The van der Waals surface area contributed by atoms with E-state index in [1.807, 2.05) is 24.3 Å². The van der Waals surface area contributed by atoms with E-state index in [1.54, 1.807) is 6.20 Å². The van der Waals surface area contributed by atoms with Crippen molar-refractivity contribution in [1.82, 2.24) is 15.2 Å². The Balaban J connectivity index is 1.63. The zero-order valence-electron chi connectivity index (χ0n) is 17.6. The Morgan fingerprint density at radius 3 is 2.24 bits per heavy atom. The first kappa shape index (κ1) is 23.7. The van der Waals surface area contributed by atoms with E-state index in [-0.39, 0.29) is 31.0 Å². The molecule has 4 rings (SSSR count). The number of nitrogens with zero attached hydrogens (tertiary/aromatic N) is 1. The van der Waals surface area contributed by atoms with Crippen molar-refractivity contribution < 1.29 is 35.9 Å². The highest BCUT2D eigenvalue weighted by Crippen LogP contribution is 2.36. The van der Waals surface area contributed by atoms with E-state index in [4.69, 9.17) is 0 Å². The molecule has 0 bridgehead atoms. The van der Waals surface area contributed by atoms with Crippen LogP contribution < -0.4 is 5.32 Å². The Morgan fingerprint density at radius 1 is 0.941 bits per heavy atom. The van der Waals surface area contributed by atoms with Crippen LogP contribution in [0.3, 0.4) is 0 Å². The maximum absolute atomic E-state index is 13.2. The quantitative estimate of drug-likeness (QED) is 0.530. The Bertz CT molecular complexity index is 1200. The maximum atomic E-state index is 13.2. The summed E-state index contributed by atoms with van der Waals surface area (Å²) in [5.74, 6) is -1.01. The molecule has 1 fully saturated rings. The monoisotopic (exact) mass is 483 g/mol. The van der Waals surface area contributed by atoms with Crippen LogP contribution >= 0.6 is 0 Å². The second kappa shape index (κ2) is 8.69. The molecule has 0 radical (unpaired) electrons. The highest BCUT2D eigenvalue weighted by molar-refractivity contribution is 5.91. The number of hydrogen-bond acceptors (Lipinski definition) is 2. The van der Waals surface area contributed by atoms with Gasteiger partial charge in [-0.15, -0.1) is 0 Å². The number of amides is 2. The Morgan fingerprint density at radius 2 is 1.59 bits per heavy atom. The van der Waals surface area contributed by atoms with Crippen molar-refractivity contribution >= 4 is 22.7 Å². The van der Waals surface area contributed by atoms with Gasteiger partial charge in [-0.3, -0.25) is 9.59 Å². The summed E-state index contributed by atoms with van der Waals surface area (Å²) in [4.78, 5) is 29.6. The minimum atomic E-state index is -4.99. The summed E-state index contributed by atoms with van der Waals surface area (Å²) in [6.07, 6.45) is -8.30. The highest BCUT2D eigenvalue weighted by atomic mass is 19.4. The second-order valence-electron chi connectivity index (χ2n) is 8.11. The molecule has 0 aliphatic carbocycles. The Hall–Kier alpha value is -3.50. The lowest BCUT2D eigenvalue weighted by Gasteiger charge is -2.25. The predicted octanol–water partition coefficient (Wildman–Crippen LogP) is 4.67. The number of aromatic nitrogens is 1. The van der Waals surface area contributed by atoms with Gasteiger partial charge < -0.3 is 15.2 Å². The molecule has 0 saturated carbocycles. The van der Waals surface area contributed by atoms with Crippen LogP contribution in [0.4, 0.5) is 26.3 Å². The molecule has 1 atom stereocenters. The summed E-state index contributed by atoms with van der Waals surface area (Å²) in [7, 11) is 0. The van der Waals surface area contributed by atoms with Crippen molar-refractivity contribution in [2.75, 3.05) is 6.54 Å². The summed E-state index contributed by atoms with van der Waals surface area (Å²) in [5.41, 5.74) is -1.66. The zero-order chi connectivity index (χ0) is 24.7. The van der Waals surface area contributed by atoms with Crippen LogP contribution in [-0.2, 0) is 34.9 Å². The average Bonchev–Trinajstić information content (AvgIpc) is 3.11. The summed E-state index contributed by atoms with van der Waals surface area (Å²) in [6, 6.07) is 7.53. The van der Waals surface area contributed by atoms with Crippen molar-refractivity contribution in [2.24, 2.45) is 0 Å². The second-order valence-corrected chi connectivity index (χ2v) is 8.11. The molecule has 1 aromatic heterocycles. The third-order valence-electron chi connectivity index (χ3n) is 5.67. The molecule has 3 aromatic rings. The normalized spacial score (nSPS) is 17.7. The number of H-pyrrole nitrogens is 1. The van der Waals surface area contributed by atoms with Gasteiger partial charge in [0.1, 0.15) is 6.04 Å². The van der Waals surface area contributed by atoms with Gasteiger partial charge in [0.2, 0.25) is 11.8 Å². The number of alkyl halides is 6. The van der Waals surface area contributed by atoms with Crippen molar-refractivity contribution in [3.63, 3.8) is 0 Å². The van der Waals surface area contributed by atoms with Gasteiger partial charge in [-0.05, 0) is 35.4 Å². The van der Waals surface area contributed by atoms with Gasteiger partial charge in [0.05, 0.1) is 11.1 Å². The van der Waals surface area contributed by atoms with E-state index < -0.39 is 47.9 Å². The number of aromatic amines is 1. The molecule has 0 spiro atoms. The molecule has 1 aliphatic rings. The van der Waals surface area contributed by atoms with Gasteiger partial charge in [-0.1, -0.05) is 18.2 Å². The average molecular weight is 483 g/mol. The lowest BCUT2D eigenvalue weighted by atomic mass is 10.0.